The molecule has 1 aromatic carbocycles. The minimum absolute atomic E-state index is 0. The number of carbonyl (C=O) groups excluding carboxylic acids is 1. The summed E-state index contributed by atoms with van der Waals surface area (Å²) in [5.41, 5.74) is 0. The van der Waals surface area contributed by atoms with Crippen molar-refractivity contribution in [1.82, 2.24) is 10.6 Å². The van der Waals surface area contributed by atoms with E-state index in [-0.39, 0.29) is 18.3 Å². The summed E-state index contributed by atoms with van der Waals surface area (Å²) in [4.78, 5) is 11.5. The Morgan fingerprint density at radius 2 is 2.10 bits per heavy atom. The Labute approximate surface area is 141 Å². The minimum Gasteiger partial charge on any atom is -0.494 e. The number of hydrogen-bond acceptors (Lipinski definition) is 3. The van der Waals surface area contributed by atoms with Gasteiger partial charge in [0.25, 0.3) is 0 Å². The summed E-state index contributed by atoms with van der Waals surface area (Å²) < 4.78 is 6.57. The average Bonchev–Trinajstić information content (AvgIpc) is 2.43. The van der Waals surface area contributed by atoms with E-state index in [1.54, 1.807) is 0 Å². The lowest BCUT2D eigenvalue weighted by Gasteiger charge is -2.07. The van der Waals surface area contributed by atoms with Crippen molar-refractivity contribution in [3.63, 3.8) is 0 Å². The molecule has 0 heterocycles. The summed E-state index contributed by atoms with van der Waals surface area (Å²) in [6, 6.07) is 7.70. The molecule has 0 saturated heterocycles. The smallest absolute Gasteiger partial charge is 0.220 e. The fourth-order valence-corrected chi connectivity index (χ4v) is 2.04. The van der Waals surface area contributed by atoms with E-state index in [0.29, 0.717) is 19.6 Å². The maximum atomic E-state index is 11.5. The number of halogens is 2. The predicted octanol–water partition coefficient (Wildman–Crippen LogP) is 3.15. The van der Waals surface area contributed by atoms with Gasteiger partial charge in [-0.25, -0.2) is 0 Å². The SMILES string of the molecule is CCCNCCNC(=O)CCCOc1cccc(Br)c1.Cl. The molecule has 2 N–H and O–H groups in total. The second-order valence-corrected chi connectivity index (χ2v) is 5.43. The number of carbonyl (C=O) groups is 1. The predicted molar refractivity (Wildman–Crippen MR) is 92.3 cm³/mol. The van der Waals surface area contributed by atoms with Gasteiger partial charge in [-0.3, -0.25) is 4.79 Å². The molecule has 0 aliphatic rings. The second-order valence-electron chi connectivity index (χ2n) is 4.51. The first-order valence-corrected chi connectivity index (χ1v) is 7.87. The molecule has 0 spiro atoms. The first-order valence-electron chi connectivity index (χ1n) is 7.08. The molecule has 0 aromatic heterocycles. The van der Waals surface area contributed by atoms with Crippen LogP contribution in [0.5, 0.6) is 5.75 Å². The van der Waals surface area contributed by atoms with Crippen LogP contribution in [0.3, 0.4) is 0 Å². The Hall–Kier alpha value is -0.780. The fraction of sp³-hybridized carbons (Fsp3) is 0.533. The molecule has 0 fully saturated rings. The molecule has 4 nitrogen and oxygen atoms in total. The number of benzene rings is 1. The molecular formula is C15H24BrClN2O2. The van der Waals surface area contributed by atoms with Crippen molar-refractivity contribution in [3.05, 3.63) is 28.7 Å². The van der Waals surface area contributed by atoms with Crippen LogP contribution in [0.25, 0.3) is 0 Å². The summed E-state index contributed by atoms with van der Waals surface area (Å²) in [5.74, 6) is 0.907. The van der Waals surface area contributed by atoms with Crippen molar-refractivity contribution >= 4 is 34.2 Å². The molecule has 1 aromatic rings. The maximum Gasteiger partial charge on any atom is 0.220 e. The lowest BCUT2D eigenvalue weighted by molar-refractivity contribution is -0.121. The minimum atomic E-state index is 0. The first-order chi connectivity index (χ1) is 9.72. The quantitative estimate of drug-likeness (QED) is 0.614. The van der Waals surface area contributed by atoms with Crippen LogP contribution in [0.15, 0.2) is 28.7 Å². The third-order valence-corrected chi connectivity index (χ3v) is 3.16. The van der Waals surface area contributed by atoms with E-state index in [0.717, 1.165) is 36.2 Å². The lowest BCUT2D eigenvalue weighted by atomic mass is 10.3. The molecule has 0 radical (unpaired) electrons. The van der Waals surface area contributed by atoms with Crippen molar-refractivity contribution in [1.29, 1.82) is 0 Å². The van der Waals surface area contributed by atoms with Gasteiger partial charge >= 0.3 is 0 Å². The van der Waals surface area contributed by atoms with E-state index in [2.05, 4.69) is 33.5 Å². The van der Waals surface area contributed by atoms with E-state index in [9.17, 15) is 4.79 Å². The van der Waals surface area contributed by atoms with Crippen LogP contribution in [0, 0.1) is 0 Å². The Bertz CT molecular complexity index is 405. The first kappa shape index (κ1) is 20.2. The summed E-state index contributed by atoms with van der Waals surface area (Å²) in [6.45, 7) is 5.19. The number of amides is 1. The molecule has 0 aliphatic heterocycles. The Kier molecular flexibility index (Phi) is 12.4. The maximum absolute atomic E-state index is 11.5. The van der Waals surface area contributed by atoms with Gasteiger partial charge < -0.3 is 15.4 Å². The van der Waals surface area contributed by atoms with Gasteiger partial charge in [0.2, 0.25) is 5.91 Å². The zero-order valence-corrected chi connectivity index (χ0v) is 14.8. The highest BCUT2D eigenvalue weighted by atomic mass is 79.9. The van der Waals surface area contributed by atoms with E-state index >= 15 is 0 Å². The molecular weight excluding hydrogens is 356 g/mol. The van der Waals surface area contributed by atoms with Gasteiger partial charge in [0.1, 0.15) is 5.75 Å². The van der Waals surface area contributed by atoms with Crippen molar-refractivity contribution in [2.45, 2.75) is 26.2 Å². The molecule has 0 saturated carbocycles. The van der Waals surface area contributed by atoms with Crippen LogP contribution in [0.2, 0.25) is 0 Å². The highest BCUT2D eigenvalue weighted by Gasteiger charge is 2.01. The van der Waals surface area contributed by atoms with Crippen molar-refractivity contribution < 1.29 is 9.53 Å². The monoisotopic (exact) mass is 378 g/mol. The molecule has 1 rings (SSSR count). The number of hydrogen-bond donors (Lipinski definition) is 2. The molecule has 0 aliphatic carbocycles. The van der Waals surface area contributed by atoms with Crippen molar-refractivity contribution in [2.24, 2.45) is 0 Å². The highest BCUT2D eigenvalue weighted by molar-refractivity contribution is 9.10. The zero-order chi connectivity index (χ0) is 14.6. The lowest BCUT2D eigenvalue weighted by Crippen LogP contribution is -2.32. The summed E-state index contributed by atoms with van der Waals surface area (Å²) in [7, 11) is 0. The normalized spacial score (nSPS) is 9.81. The number of nitrogens with one attached hydrogen (secondary N) is 2. The number of ether oxygens (including phenoxy) is 1. The summed E-state index contributed by atoms with van der Waals surface area (Å²) in [5, 5.41) is 6.13. The van der Waals surface area contributed by atoms with E-state index in [4.69, 9.17) is 4.74 Å². The zero-order valence-electron chi connectivity index (χ0n) is 12.4. The van der Waals surface area contributed by atoms with Crippen LogP contribution >= 0.6 is 28.3 Å². The fourth-order valence-electron chi connectivity index (χ4n) is 1.66. The molecule has 120 valence electrons. The van der Waals surface area contributed by atoms with E-state index < -0.39 is 0 Å². The molecule has 1 amide bonds. The van der Waals surface area contributed by atoms with Crippen LogP contribution in [-0.2, 0) is 4.79 Å². The molecule has 0 atom stereocenters. The standard InChI is InChI=1S/C15H23BrN2O2.ClH/c1-2-8-17-9-10-18-15(19)7-4-11-20-14-6-3-5-13(16)12-14;/h3,5-6,12,17H,2,4,7-11H2,1H3,(H,18,19);1H. The second kappa shape index (κ2) is 12.9. The van der Waals surface area contributed by atoms with E-state index in [1.807, 2.05) is 24.3 Å². The van der Waals surface area contributed by atoms with Gasteiger partial charge in [-0.1, -0.05) is 28.9 Å². The Balaban J connectivity index is 0.00000400. The largest absolute Gasteiger partial charge is 0.494 e. The van der Waals surface area contributed by atoms with Crippen LogP contribution in [-0.4, -0.2) is 32.1 Å². The van der Waals surface area contributed by atoms with Crippen LogP contribution in [0.4, 0.5) is 0 Å². The van der Waals surface area contributed by atoms with Crippen LogP contribution < -0.4 is 15.4 Å². The average molecular weight is 380 g/mol. The summed E-state index contributed by atoms with van der Waals surface area (Å²) in [6.07, 6.45) is 2.34. The van der Waals surface area contributed by atoms with Gasteiger partial charge in [-0.15, -0.1) is 12.4 Å². The van der Waals surface area contributed by atoms with E-state index in [1.165, 1.54) is 0 Å². The van der Waals surface area contributed by atoms with Gasteiger partial charge in [0.05, 0.1) is 6.61 Å². The molecule has 0 unspecified atom stereocenters. The third kappa shape index (κ3) is 10.6. The molecule has 6 heteroatoms. The molecule has 0 bridgehead atoms. The number of rotatable bonds is 10. The topological polar surface area (TPSA) is 50.4 Å². The van der Waals surface area contributed by atoms with Crippen molar-refractivity contribution in [2.75, 3.05) is 26.2 Å². The third-order valence-electron chi connectivity index (χ3n) is 2.66. The van der Waals surface area contributed by atoms with Crippen molar-refractivity contribution in [3.8, 4) is 5.75 Å². The molecule has 21 heavy (non-hydrogen) atoms. The van der Waals surface area contributed by atoms with Crippen LogP contribution in [0.1, 0.15) is 26.2 Å². The Morgan fingerprint density at radius 1 is 1.29 bits per heavy atom. The van der Waals surface area contributed by atoms with Gasteiger partial charge in [0.15, 0.2) is 0 Å². The van der Waals surface area contributed by atoms with Gasteiger partial charge in [0, 0.05) is 24.0 Å². The Morgan fingerprint density at radius 3 is 2.81 bits per heavy atom. The van der Waals surface area contributed by atoms with Gasteiger partial charge in [-0.05, 0) is 37.6 Å². The summed E-state index contributed by atoms with van der Waals surface area (Å²) >= 11 is 3.39. The van der Waals surface area contributed by atoms with Gasteiger partial charge in [-0.2, -0.15) is 0 Å². The highest BCUT2D eigenvalue weighted by Crippen LogP contribution is 2.17.